The molecule has 90 valence electrons. The van der Waals surface area contributed by atoms with Crippen LogP contribution in [0.4, 0.5) is 10.2 Å². The van der Waals surface area contributed by atoms with Gasteiger partial charge in [-0.2, -0.15) is 0 Å². The van der Waals surface area contributed by atoms with E-state index in [0.29, 0.717) is 5.82 Å². The SMILES string of the molecule is CC(C)(CNc1ccc(F)cn1)S(C)(=O)=O. The lowest BCUT2D eigenvalue weighted by Gasteiger charge is -2.22. The van der Waals surface area contributed by atoms with Gasteiger partial charge in [0.2, 0.25) is 0 Å². The molecule has 1 aromatic rings. The molecule has 0 aliphatic rings. The number of halogens is 1. The van der Waals surface area contributed by atoms with E-state index in [1.54, 1.807) is 13.8 Å². The van der Waals surface area contributed by atoms with Gasteiger partial charge in [-0.05, 0) is 26.0 Å². The molecule has 0 radical (unpaired) electrons. The molecule has 1 rings (SSSR count). The fourth-order valence-corrected chi connectivity index (χ4v) is 1.25. The van der Waals surface area contributed by atoms with Gasteiger partial charge >= 0.3 is 0 Å². The van der Waals surface area contributed by atoms with Crippen LogP contribution in [0.3, 0.4) is 0 Å². The molecule has 0 aromatic carbocycles. The Kier molecular flexibility index (Phi) is 3.52. The molecule has 4 nitrogen and oxygen atoms in total. The fourth-order valence-electron chi connectivity index (χ4n) is 0.915. The lowest BCUT2D eigenvalue weighted by atomic mass is 10.2. The molecule has 0 saturated heterocycles. The van der Waals surface area contributed by atoms with Crippen LogP contribution < -0.4 is 5.32 Å². The van der Waals surface area contributed by atoms with E-state index in [1.165, 1.54) is 18.4 Å². The van der Waals surface area contributed by atoms with Crippen molar-refractivity contribution >= 4 is 15.7 Å². The van der Waals surface area contributed by atoms with Crippen LogP contribution in [0.5, 0.6) is 0 Å². The molecule has 1 heterocycles. The summed E-state index contributed by atoms with van der Waals surface area (Å²) in [5.74, 6) is 0.0334. The molecular formula is C10H15FN2O2S. The Balaban J connectivity index is 2.68. The van der Waals surface area contributed by atoms with Gasteiger partial charge in [0.15, 0.2) is 9.84 Å². The zero-order valence-corrected chi connectivity index (χ0v) is 10.3. The van der Waals surface area contributed by atoms with E-state index < -0.39 is 20.4 Å². The minimum absolute atomic E-state index is 0.227. The van der Waals surface area contributed by atoms with Crippen LogP contribution in [0, 0.1) is 5.82 Å². The van der Waals surface area contributed by atoms with E-state index in [2.05, 4.69) is 10.3 Å². The lowest BCUT2D eigenvalue weighted by molar-refractivity contribution is 0.559. The summed E-state index contributed by atoms with van der Waals surface area (Å²) >= 11 is 0. The number of aromatic nitrogens is 1. The van der Waals surface area contributed by atoms with Crippen molar-refractivity contribution in [2.24, 2.45) is 0 Å². The first kappa shape index (κ1) is 12.9. The second-order valence-electron chi connectivity index (χ2n) is 4.25. The van der Waals surface area contributed by atoms with Crippen molar-refractivity contribution in [2.45, 2.75) is 18.6 Å². The first-order valence-electron chi connectivity index (χ1n) is 4.77. The number of anilines is 1. The fraction of sp³-hybridized carbons (Fsp3) is 0.500. The number of hydrogen-bond acceptors (Lipinski definition) is 4. The molecule has 1 N–H and O–H groups in total. The van der Waals surface area contributed by atoms with Gasteiger partial charge in [0.1, 0.15) is 11.6 Å². The highest BCUT2D eigenvalue weighted by Gasteiger charge is 2.29. The van der Waals surface area contributed by atoms with Gasteiger partial charge in [-0.25, -0.2) is 17.8 Å². The summed E-state index contributed by atoms with van der Waals surface area (Å²) in [6.07, 6.45) is 2.27. The predicted octanol–water partition coefficient (Wildman–Crippen LogP) is 1.46. The second-order valence-corrected chi connectivity index (χ2v) is 6.90. The van der Waals surface area contributed by atoms with E-state index in [0.717, 1.165) is 6.20 Å². The van der Waals surface area contributed by atoms with E-state index >= 15 is 0 Å². The van der Waals surface area contributed by atoms with Crippen molar-refractivity contribution in [1.82, 2.24) is 4.98 Å². The number of sulfone groups is 1. The third-order valence-electron chi connectivity index (χ3n) is 2.43. The summed E-state index contributed by atoms with van der Waals surface area (Å²) in [5, 5.41) is 2.86. The zero-order chi connectivity index (χ0) is 12.4. The number of hydrogen-bond donors (Lipinski definition) is 1. The number of pyridine rings is 1. The number of rotatable bonds is 4. The Morgan fingerprint density at radius 3 is 2.50 bits per heavy atom. The van der Waals surface area contributed by atoms with Crippen molar-refractivity contribution in [3.8, 4) is 0 Å². The summed E-state index contributed by atoms with van der Waals surface area (Å²) in [5.41, 5.74) is 0. The highest BCUT2D eigenvalue weighted by atomic mass is 32.2. The summed E-state index contributed by atoms with van der Waals surface area (Å²) in [6.45, 7) is 3.47. The van der Waals surface area contributed by atoms with Gasteiger partial charge in [-0.3, -0.25) is 0 Å². The van der Waals surface area contributed by atoms with E-state index in [-0.39, 0.29) is 6.54 Å². The second kappa shape index (κ2) is 4.37. The van der Waals surface area contributed by atoms with E-state index in [4.69, 9.17) is 0 Å². The maximum absolute atomic E-state index is 12.6. The normalized spacial score (nSPS) is 12.5. The molecule has 1 aromatic heterocycles. The van der Waals surface area contributed by atoms with Crippen molar-refractivity contribution in [3.63, 3.8) is 0 Å². The molecule has 0 aliphatic carbocycles. The monoisotopic (exact) mass is 246 g/mol. The number of nitrogens with zero attached hydrogens (tertiary/aromatic N) is 1. The molecule has 0 bridgehead atoms. The average Bonchev–Trinajstić information content (AvgIpc) is 2.15. The Bertz CT molecular complexity index is 454. The summed E-state index contributed by atoms with van der Waals surface area (Å²) in [4.78, 5) is 3.78. The minimum atomic E-state index is -3.15. The molecule has 0 saturated carbocycles. The van der Waals surface area contributed by atoms with Crippen LogP contribution in [0.25, 0.3) is 0 Å². The van der Waals surface area contributed by atoms with Crippen LogP contribution in [0.2, 0.25) is 0 Å². The maximum Gasteiger partial charge on any atom is 0.154 e. The van der Waals surface area contributed by atoms with Gasteiger partial charge < -0.3 is 5.32 Å². The van der Waals surface area contributed by atoms with Crippen molar-refractivity contribution in [3.05, 3.63) is 24.1 Å². The summed E-state index contributed by atoms with van der Waals surface area (Å²) < 4.78 is 34.5. The molecule has 0 unspecified atom stereocenters. The van der Waals surface area contributed by atoms with Crippen molar-refractivity contribution in [2.75, 3.05) is 18.1 Å². The van der Waals surface area contributed by atoms with Crippen molar-refractivity contribution < 1.29 is 12.8 Å². The van der Waals surface area contributed by atoms with Gasteiger partial charge in [-0.1, -0.05) is 0 Å². The van der Waals surface area contributed by atoms with Gasteiger partial charge in [0.05, 0.1) is 10.9 Å². The third-order valence-corrected chi connectivity index (χ3v) is 4.58. The summed E-state index contributed by atoms with van der Waals surface area (Å²) in [7, 11) is -3.15. The van der Waals surface area contributed by atoms with Gasteiger partial charge in [0.25, 0.3) is 0 Å². The minimum Gasteiger partial charge on any atom is -0.369 e. The average molecular weight is 246 g/mol. The zero-order valence-electron chi connectivity index (χ0n) is 9.49. The Morgan fingerprint density at radius 2 is 2.06 bits per heavy atom. The van der Waals surface area contributed by atoms with Crippen LogP contribution >= 0.6 is 0 Å². The Hall–Kier alpha value is -1.17. The molecule has 0 aliphatic heterocycles. The van der Waals surface area contributed by atoms with Crippen LogP contribution in [0.1, 0.15) is 13.8 Å². The van der Waals surface area contributed by atoms with Gasteiger partial charge in [-0.15, -0.1) is 0 Å². The molecular weight excluding hydrogens is 231 g/mol. The molecule has 6 heteroatoms. The Labute approximate surface area is 94.8 Å². The topological polar surface area (TPSA) is 59.1 Å². The van der Waals surface area contributed by atoms with E-state index in [1.807, 2.05) is 0 Å². The lowest BCUT2D eigenvalue weighted by Crippen LogP contribution is -2.38. The molecule has 0 atom stereocenters. The maximum atomic E-state index is 12.6. The van der Waals surface area contributed by atoms with Crippen LogP contribution in [0.15, 0.2) is 18.3 Å². The number of nitrogens with one attached hydrogen (secondary N) is 1. The van der Waals surface area contributed by atoms with Crippen molar-refractivity contribution in [1.29, 1.82) is 0 Å². The highest BCUT2D eigenvalue weighted by Crippen LogP contribution is 2.15. The van der Waals surface area contributed by atoms with E-state index in [9.17, 15) is 12.8 Å². The molecule has 0 spiro atoms. The first-order valence-corrected chi connectivity index (χ1v) is 6.66. The smallest absolute Gasteiger partial charge is 0.154 e. The highest BCUT2D eigenvalue weighted by molar-refractivity contribution is 7.92. The quantitative estimate of drug-likeness (QED) is 0.873. The van der Waals surface area contributed by atoms with Gasteiger partial charge in [0, 0.05) is 12.8 Å². The van der Waals surface area contributed by atoms with Crippen LogP contribution in [-0.4, -0.2) is 30.9 Å². The van der Waals surface area contributed by atoms with Crippen LogP contribution in [-0.2, 0) is 9.84 Å². The first-order chi connectivity index (χ1) is 7.22. The predicted molar refractivity (Wildman–Crippen MR) is 61.6 cm³/mol. The molecule has 0 fully saturated rings. The Morgan fingerprint density at radius 1 is 1.44 bits per heavy atom. The third kappa shape index (κ3) is 3.16. The summed E-state index contributed by atoms with van der Waals surface area (Å²) in [6, 6.07) is 2.73. The molecule has 0 amide bonds. The largest absolute Gasteiger partial charge is 0.369 e. The molecule has 16 heavy (non-hydrogen) atoms. The standard InChI is InChI=1S/C10H15FN2O2S/c1-10(2,16(3,14)15)7-13-9-5-4-8(11)6-12-9/h4-6H,7H2,1-3H3,(H,12,13).